The Balaban J connectivity index is 2.19. The van der Waals surface area contributed by atoms with Gasteiger partial charge in [-0.15, -0.1) is 5.10 Å². The Morgan fingerprint density at radius 3 is 3.28 bits per heavy atom. The molecule has 96 valence electrons. The molecule has 2 rings (SSSR count). The topological polar surface area (TPSA) is 81.9 Å². The third-order valence-electron chi connectivity index (χ3n) is 2.89. The summed E-state index contributed by atoms with van der Waals surface area (Å²) in [6.07, 6.45) is 1.68. The minimum absolute atomic E-state index is 0.110. The number of amides is 1. The van der Waals surface area contributed by atoms with Gasteiger partial charge in [0.1, 0.15) is 10.9 Å². The van der Waals surface area contributed by atoms with E-state index in [1.54, 1.807) is 4.90 Å². The third kappa shape index (κ3) is 2.49. The summed E-state index contributed by atoms with van der Waals surface area (Å²) < 4.78 is 3.85. The lowest BCUT2D eigenvalue weighted by molar-refractivity contribution is 0.0690. The predicted octanol–water partition coefficient (Wildman–Crippen LogP) is 0.428. The van der Waals surface area contributed by atoms with Gasteiger partial charge in [-0.05, 0) is 18.0 Å². The number of nitrogens with one attached hydrogen (secondary N) is 1. The van der Waals surface area contributed by atoms with Crippen molar-refractivity contribution in [3.8, 4) is 6.07 Å². The van der Waals surface area contributed by atoms with Crippen molar-refractivity contribution in [1.82, 2.24) is 19.8 Å². The molecule has 6 nitrogen and oxygen atoms in total. The molecule has 7 heteroatoms. The molecule has 1 N–H and O–H groups in total. The van der Waals surface area contributed by atoms with E-state index in [0.717, 1.165) is 36.6 Å². The first kappa shape index (κ1) is 12.9. The molecule has 18 heavy (non-hydrogen) atoms. The van der Waals surface area contributed by atoms with Crippen LogP contribution in [0.25, 0.3) is 0 Å². The van der Waals surface area contributed by atoms with Crippen molar-refractivity contribution < 1.29 is 4.79 Å². The van der Waals surface area contributed by atoms with E-state index >= 15 is 0 Å². The zero-order valence-electron chi connectivity index (χ0n) is 10.2. The minimum atomic E-state index is -0.400. The van der Waals surface area contributed by atoms with Gasteiger partial charge in [0.2, 0.25) is 0 Å². The molecule has 1 fully saturated rings. The van der Waals surface area contributed by atoms with Crippen LogP contribution >= 0.6 is 11.5 Å². The van der Waals surface area contributed by atoms with Crippen LogP contribution in [0.15, 0.2) is 0 Å². The van der Waals surface area contributed by atoms with E-state index in [1.165, 1.54) is 0 Å². The summed E-state index contributed by atoms with van der Waals surface area (Å²) in [4.78, 5) is 14.6. The van der Waals surface area contributed by atoms with E-state index < -0.39 is 6.04 Å². The van der Waals surface area contributed by atoms with Crippen LogP contribution in [-0.2, 0) is 6.42 Å². The first-order valence-corrected chi connectivity index (χ1v) is 6.77. The maximum atomic E-state index is 12.4. The van der Waals surface area contributed by atoms with Crippen molar-refractivity contribution in [1.29, 1.82) is 5.26 Å². The lowest BCUT2D eigenvalue weighted by atomic mass is 10.1. The molecule has 1 amide bonds. The Hall–Kier alpha value is -1.52. The highest BCUT2D eigenvalue weighted by molar-refractivity contribution is 7.08. The Morgan fingerprint density at radius 2 is 2.56 bits per heavy atom. The summed E-state index contributed by atoms with van der Waals surface area (Å²) in [5, 5.41) is 16.2. The number of hydrogen-bond acceptors (Lipinski definition) is 6. The first-order valence-electron chi connectivity index (χ1n) is 6.00. The fourth-order valence-electron chi connectivity index (χ4n) is 1.96. The van der Waals surface area contributed by atoms with E-state index in [9.17, 15) is 4.79 Å². The smallest absolute Gasteiger partial charge is 0.268 e. The maximum Gasteiger partial charge on any atom is 0.268 e. The summed E-state index contributed by atoms with van der Waals surface area (Å²) in [7, 11) is 0. The van der Waals surface area contributed by atoms with Crippen LogP contribution in [0.1, 0.15) is 28.7 Å². The van der Waals surface area contributed by atoms with E-state index in [-0.39, 0.29) is 5.91 Å². The van der Waals surface area contributed by atoms with E-state index in [4.69, 9.17) is 5.26 Å². The van der Waals surface area contributed by atoms with Crippen LogP contribution in [0, 0.1) is 11.3 Å². The molecule has 0 spiro atoms. The van der Waals surface area contributed by atoms with Gasteiger partial charge in [-0.25, -0.2) is 0 Å². The van der Waals surface area contributed by atoms with Gasteiger partial charge < -0.3 is 10.2 Å². The number of piperazine rings is 1. The number of carbonyl (C=O) groups excluding carboxylic acids is 1. The molecule has 1 aromatic rings. The van der Waals surface area contributed by atoms with Gasteiger partial charge in [0.15, 0.2) is 0 Å². The van der Waals surface area contributed by atoms with Crippen LogP contribution < -0.4 is 5.32 Å². The second-order valence-electron chi connectivity index (χ2n) is 4.15. The Bertz CT molecular complexity index is 466. The quantitative estimate of drug-likeness (QED) is 0.857. The molecule has 0 aliphatic carbocycles. The largest absolute Gasteiger partial charge is 0.319 e. The molecule has 1 saturated heterocycles. The van der Waals surface area contributed by atoms with Gasteiger partial charge >= 0.3 is 0 Å². The van der Waals surface area contributed by atoms with Crippen LogP contribution in [-0.4, -0.2) is 46.1 Å². The number of aryl methyl sites for hydroxylation is 1. The SMILES string of the molecule is CCCc1nnsc1C(=O)N1CCNCC1C#N. The normalized spacial score (nSPS) is 19.6. The van der Waals surface area contributed by atoms with Crippen LogP contribution in [0.5, 0.6) is 0 Å². The van der Waals surface area contributed by atoms with Crippen LogP contribution in [0.3, 0.4) is 0 Å². The molecule has 0 saturated carbocycles. The molecular formula is C11H15N5OS. The fraction of sp³-hybridized carbons (Fsp3) is 0.636. The van der Waals surface area contributed by atoms with Crippen molar-refractivity contribution in [2.45, 2.75) is 25.8 Å². The molecule has 0 bridgehead atoms. The van der Waals surface area contributed by atoms with Gasteiger partial charge in [0.05, 0.1) is 11.8 Å². The molecule has 2 heterocycles. The number of carbonyl (C=O) groups is 1. The van der Waals surface area contributed by atoms with Gasteiger partial charge in [-0.1, -0.05) is 17.8 Å². The van der Waals surface area contributed by atoms with Crippen molar-refractivity contribution in [3.05, 3.63) is 10.6 Å². The number of nitriles is 1. The number of nitrogens with zero attached hydrogens (tertiary/aromatic N) is 4. The molecule has 0 aromatic carbocycles. The second kappa shape index (κ2) is 5.89. The average Bonchev–Trinajstić information content (AvgIpc) is 2.86. The second-order valence-corrected chi connectivity index (χ2v) is 4.90. The lowest BCUT2D eigenvalue weighted by Crippen LogP contribution is -2.53. The standard InChI is InChI=1S/C11H15N5OS/c1-2-3-9-10(18-15-14-9)11(17)16-5-4-13-7-8(16)6-12/h8,13H,2-5,7H2,1H3. The minimum Gasteiger partial charge on any atom is -0.319 e. The highest BCUT2D eigenvalue weighted by Crippen LogP contribution is 2.17. The summed E-state index contributed by atoms with van der Waals surface area (Å²) in [6.45, 7) is 3.84. The first-order chi connectivity index (χ1) is 8.77. The lowest BCUT2D eigenvalue weighted by Gasteiger charge is -2.31. The van der Waals surface area contributed by atoms with Crippen molar-refractivity contribution in [2.24, 2.45) is 0 Å². The van der Waals surface area contributed by atoms with Crippen molar-refractivity contribution in [2.75, 3.05) is 19.6 Å². The highest BCUT2D eigenvalue weighted by atomic mass is 32.1. The summed E-state index contributed by atoms with van der Waals surface area (Å²) in [6, 6.07) is 1.75. The number of hydrogen-bond donors (Lipinski definition) is 1. The molecule has 1 atom stereocenters. The highest BCUT2D eigenvalue weighted by Gasteiger charge is 2.29. The van der Waals surface area contributed by atoms with Crippen LogP contribution in [0.2, 0.25) is 0 Å². The van der Waals surface area contributed by atoms with E-state index in [1.807, 2.05) is 6.92 Å². The van der Waals surface area contributed by atoms with Gasteiger partial charge in [0.25, 0.3) is 5.91 Å². The predicted molar refractivity (Wildman–Crippen MR) is 67.2 cm³/mol. The molecule has 1 aliphatic rings. The third-order valence-corrected chi connectivity index (χ3v) is 3.65. The molecular weight excluding hydrogens is 250 g/mol. The van der Waals surface area contributed by atoms with Crippen LogP contribution in [0.4, 0.5) is 0 Å². The molecule has 0 radical (unpaired) electrons. The molecule has 1 aliphatic heterocycles. The number of rotatable bonds is 3. The zero-order chi connectivity index (χ0) is 13.0. The van der Waals surface area contributed by atoms with Crippen molar-refractivity contribution >= 4 is 17.4 Å². The summed E-state index contributed by atoms with van der Waals surface area (Å²) in [5.41, 5.74) is 0.753. The fourth-order valence-corrected chi connectivity index (χ4v) is 2.63. The molecule has 1 aromatic heterocycles. The average molecular weight is 265 g/mol. The monoisotopic (exact) mass is 265 g/mol. The summed E-state index contributed by atoms with van der Waals surface area (Å²) >= 11 is 1.12. The number of aromatic nitrogens is 2. The maximum absolute atomic E-state index is 12.4. The van der Waals surface area contributed by atoms with Crippen molar-refractivity contribution in [3.63, 3.8) is 0 Å². The Labute approximate surface area is 110 Å². The van der Waals surface area contributed by atoms with E-state index in [0.29, 0.717) is 18.0 Å². The van der Waals surface area contributed by atoms with Gasteiger partial charge in [-0.3, -0.25) is 4.79 Å². The zero-order valence-corrected chi connectivity index (χ0v) is 11.0. The molecule has 1 unspecified atom stereocenters. The summed E-state index contributed by atoms with van der Waals surface area (Å²) in [5.74, 6) is -0.110. The Morgan fingerprint density at radius 1 is 1.72 bits per heavy atom. The van der Waals surface area contributed by atoms with Gasteiger partial charge in [-0.2, -0.15) is 5.26 Å². The van der Waals surface area contributed by atoms with E-state index in [2.05, 4.69) is 21.0 Å². The Kier molecular flexibility index (Phi) is 4.23. The van der Waals surface area contributed by atoms with Gasteiger partial charge in [0, 0.05) is 19.6 Å².